The summed E-state index contributed by atoms with van der Waals surface area (Å²) < 4.78 is 0. The van der Waals surface area contributed by atoms with E-state index in [0.717, 1.165) is 6.54 Å². The number of anilines is 2. The van der Waals surface area contributed by atoms with E-state index in [2.05, 4.69) is 19.2 Å². The van der Waals surface area contributed by atoms with Crippen molar-refractivity contribution in [2.45, 2.75) is 26.7 Å². The topological polar surface area (TPSA) is 75.3 Å². The molecule has 0 aromatic heterocycles. The fourth-order valence-corrected chi connectivity index (χ4v) is 2.65. The second-order valence-corrected chi connectivity index (χ2v) is 6.01. The van der Waals surface area contributed by atoms with Crippen LogP contribution < -0.4 is 11.1 Å². The number of nitrogens with two attached hydrogens (primary N) is 1. The van der Waals surface area contributed by atoms with Gasteiger partial charge in [-0.25, -0.2) is 4.79 Å². The SMILES string of the molecule is CC(C)C1(CNc2c(Cl)cc(N)cc2C(=O)O)CC1. The average molecular weight is 283 g/mol. The summed E-state index contributed by atoms with van der Waals surface area (Å²) in [5, 5.41) is 12.8. The van der Waals surface area contributed by atoms with Crippen LogP contribution in [0.5, 0.6) is 0 Å². The van der Waals surface area contributed by atoms with Gasteiger partial charge < -0.3 is 16.2 Å². The molecule has 19 heavy (non-hydrogen) atoms. The van der Waals surface area contributed by atoms with Crippen LogP contribution in [0.25, 0.3) is 0 Å². The zero-order chi connectivity index (χ0) is 14.2. The summed E-state index contributed by atoms with van der Waals surface area (Å²) in [5.41, 5.74) is 6.87. The summed E-state index contributed by atoms with van der Waals surface area (Å²) >= 11 is 6.10. The minimum Gasteiger partial charge on any atom is -0.478 e. The third-order valence-electron chi connectivity index (χ3n) is 4.08. The molecule has 0 aliphatic heterocycles. The number of halogens is 1. The maximum atomic E-state index is 11.2. The van der Waals surface area contributed by atoms with E-state index in [0.29, 0.717) is 22.3 Å². The third-order valence-corrected chi connectivity index (χ3v) is 4.38. The highest BCUT2D eigenvalue weighted by Crippen LogP contribution is 2.52. The van der Waals surface area contributed by atoms with Crippen LogP contribution in [0.3, 0.4) is 0 Å². The number of hydrogen-bond donors (Lipinski definition) is 3. The van der Waals surface area contributed by atoms with E-state index in [-0.39, 0.29) is 11.0 Å². The number of rotatable bonds is 5. The standard InChI is InChI=1S/C14H19ClN2O2/c1-8(2)14(3-4-14)7-17-12-10(13(18)19)5-9(16)6-11(12)15/h5-6,8,17H,3-4,7,16H2,1-2H3,(H,18,19). The fraction of sp³-hybridized carbons (Fsp3) is 0.500. The molecule has 0 saturated heterocycles. The summed E-state index contributed by atoms with van der Waals surface area (Å²) in [6.45, 7) is 5.13. The van der Waals surface area contributed by atoms with Gasteiger partial charge in [0, 0.05) is 12.2 Å². The summed E-state index contributed by atoms with van der Waals surface area (Å²) in [7, 11) is 0. The predicted octanol–water partition coefficient (Wildman–Crippen LogP) is 3.47. The average Bonchev–Trinajstić information content (AvgIpc) is 3.07. The fourth-order valence-electron chi connectivity index (χ4n) is 2.36. The Balaban J connectivity index is 2.23. The van der Waals surface area contributed by atoms with Gasteiger partial charge in [-0.1, -0.05) is 25.4 Å². The van der Waals surface area contributed by atoms with Crippen molar-refractivity contribution in [1.82, 2.24) is 0 Å². The van der Waals surface area contributed by atoms with Crippen molar-refractivity contribution in [3.63, 3.8) is 0 Å². The molecule has 0 unspecified atom stereocenters. The Morgan fingerprint density at radius 3 is 2.63 bits per heavy atom. The van der Waals surface area contributed by atoms with E-state index in [1.54, 1.807) is 6.07 Å². The Bertz CT molecular complexity index is 510. The Morgan fingerprint density at radius 1 is 1.53 bits per heavy atom. The normalized spacial score (nSPS) is 16.4. The molecule has 1 fully saturated rings. The molecule has 2 rings (SSSR count). The van der Waals surface area contributed by atoms with Crippen LogP contribution in [0.4, 0.5) is 11.4 Å². The van der Waals surface area contributed by atoms with E-state index in [1.807, 2.05) is 0 Å². The van der Waals surface area contributed by atoms with Crippen LogP contribution in [0.2, 0.25) is 5.02 Å². The summed E-state index contributed by atoms with van der Waals surface area (Å²) in [4.78, 5) is 11.2. The second-order valence-electron chi connectivity index (χ2n) is 5.60. The molecule has 0 atom stereocenters. The lowest BCUT2D eigenvalue weighted by atomic mass is 9.92. The van der Waals surface area contributed by atoms with Crippen molar-refractivity contribution >= 4 is 28.9 Å². The summed E-state index contributed by atoms with van der Waals surface area (Å²) in [6.07, 6.45) is 2.35. The molecule has 0 heterocycles. The summed E-state index contributed by atoms with van der Waals surface area (Å²) in [6, 6.07) is 3.01. The molecule has 1 aromatic rings. The number of carboxylic acids is 1. The number of hydrogen-bond acceptors (Lipinski definition) is 3. The van der Waals surface area contributed by atoms with Crippen LogP contribution in [-0.2, 0) is 0 Å². The van der Waals surface area contributed by atoms with Crippen LogP contribution in [0.15, 0.2) is 12.1 Å². The van der Waals surface area contributed by atoms with E-state index in [4.69, 9.17) is 17.3 Å². The Morgan fingerprint density at radius 2 is 2.16 bits per heavy atom. The first kappa shape index (κ1) is 14.0. The molecule has 0 bridgehead atoms. The van der Waals surface area contributed by atoms with Crippen LogP contribution in [0, 0.1) is 11.3 Å². The first-order valence-electron chi connectivity index (χ1n) is 6.42. The van der Waals surface area contributed by atoms with E-state index in [9.17, 15) is 9.90 Å². The van der Waals surface area contributed by atoms with Gasteiger partial charge in [-0.3, -0.25) is 0 Å². The molecule has 5 heteroatoms. The number of carbonyl (C=O) groups is 1. The number of aromatic carboxylic acids is 1. The quantitative estimate of drug-likeness (QED) is 0.723. The van der Waals surface area contributed by atoms with Gasteiger partial charge in [0.25, 0.3) is 0 Å². The van der Waals surface area contributed by atoms with Crippen molar-refractivity contribution in [2.24, 2.45) is 11.3 Å². The molecular formula is C14H19ClN2O2. The first-order chi connectivity index (χ1) is 8.85. The number of nitrogen functional groups attached to an aromatic ring is 1. The smallest absolute Gasteiger partial charge is 0.337 e. The van der Waals surface area contributed by atoms with Gasteiger partial charge in [0.05, 0.1) is 16.3 Å². The van der Waals surface area contributed by atoms with Crippen LogP contribution in [0.1, 0.15) is 37.0 Å². The monoisotopic (exact) mass is 282 g/mol. The molecule has 1 saturated carbocycles. The van der Waals surface area contributed by atoms with E-state index in [1.165, 1.54) is 18.9 Å². The molecule has 0 amide bonds. The molecule has 0 radical (unpaired) electrons. The van der Waals surface area contributed by atoms with Gasteiger partial charge >= 0.3 is 5.97 Å². The second kappa shape index (κ2) is 4.93. The Hall–Kier alpha value is -1.42. The lowest BCUT2D eigenvalue weighted by Gasteiger charge is -2.22. The number of carboxylic acid groups (broad SMARTS) is 1. The van der Waals surface area contributed by atoms with Gasteiger partial charge in [-0.15, -0.1) is 0 Å². The highest BCUT2D eigenvalue weighted by molar-refractivity contribution is 6.34. The highest BCUT2D eigenvalue weighted by atomic mass is 35.5. The molecule has 4 N–H and O–H groups in total. The molecule has 1 aliphatic carbocycles. The molecular weight excluding hydrogens is 264 g/mol. The van der Waals surface area contributed by atoms with Crippen molar-refractivity contribution in [3.05, 3.63) is 22.7 Å². The molecule has 4 nitrogen and oxygen atoms in total. The number of benzene rings is 1. The minimum atomic E-state index is -1.02. The molecule has 1 aliphatic rings. The first-order valence-corrected chi connectivity index (χ1v) is 6.80. The molecule has 104 valence electrons. The third kappa shape index (κ3) is 2.78. The predicted molar refractivity (Wildman–Crippen MR) is 77.8 cm³/mol. The Labute approximate surface area is 117 Å². The zero-order valence-corrected chi connectivity index (χ0v) is 11.9. The van der Waals surface area contributed by atoms with Gasteiger partial charge in [0.1, 0.15) is 0 Å². The van der Waals surface area contributed by atoms with Crippen molar-refractivity contribution < 1.29 is 9.90 Å². The highest BCUT2D eigenvalue weighted by Gasteiger charge is 2.45. The van der Waals surface area contributed by atoms with Crippen LogP contribution >= 0.6 is 11.6 Å². The lowest BCUT2D eigenvalue weighted by molar-refractivity contribution is 0.0698. The van der Waals surface area contributed by atoms with Gasteiger partial charge in [-0.05, 0) is 36.3 Å². The van der Waals surface area contributed by atoms with Crippen molar-refractivity contribution in [1.29, 1.82) is 0 Å². The van der Waals surface area contributed by atoms with E-state index < -0.39 is 5.97 Å². The molecule has 1 aromatic carbocycles. The minimum absolute atomic E-state index is 0.129. The van der Waals surface area contributed by atoms with Crippen molar-refractivity contribution in [2.75, 3.05) is 17.6 Å². The maximum absolute atomic E-state index is 11.2. The Kier molecular flexibility index (Phi) is 3.63. The molecule has 0 spiro atoms. The largest absolute Gasteiger partial charge is 0.478 e. The van der Waals surface area contributed by atoms with Gasteiger partial charge in [0.15, 0.2) is 0 Å². The summed E-state index contributed by atoms with van der Waals surface area (Å²) in [5.74, 6) is -0.452. The van der Waals surface area contributed by atoms with Crippen LogP contribution in [-0.4, -0.2) is 17.6 Å². The van der Waals surface area contributed by atoms with E-state index >= 15 is 0 Å². The number of nitrogens with one attached hydrogen (secondary N) is 1. The van der Waals surface area contributed by atoms with Crippen molar-refractivity contribution in [3.8, 4) is 0 Å². The zero-order valence-electron chi connectivity index (χ0n) is 11.2. The lowest BCUT2D eigenvalue weighted by Crippen LogP contribution is -2.22. The van der Waals surface area contributed by atoms with Gasteiger partial charge in [-0.2, -0.15) is 0 Å². The van der Waals surface area contributed by atoms with Gasteiger partial charge in [0.2, 0.25) is 0 Å². The maximum Gasteiger partial charge on any atom is 0.337 e.